The molecule has 0 radical (unpaired) electrons. The number of carbonyl (C=O) groups excluding carboxylic acids is 1. The van der Waals surface area contributed by atoms with E-state index in [-0.39, 0.29) is 17.9 Å². The Labute approximate surface area is 98.8 Å². The summed E-state index contributed by atoms with van der Waals surface area (Å²) in [6.07, 6.45) is 1.72. The summed E-state index contributed by atoms with van der Waals surface area (Å²) in [7, 11) is 1.50. The molecule has 1 amide bonds. The van der Waals surface area contributed by atoms with Gasteiger partial charge in [0.15, 0.2) is 0 Å². The van der Waals surface area contributed by atoms with Gasteiger partial charge in [-0.25, -0.2) is 0 Å². The van der Waals surface area contributed by atoms with E-state index in [2.05, 4.69) is 20.6 Å². The van der Waals surface area contributed by atoms with Gasteiger partial charge in [-0.3, -0.25) is 4.79 Å². The minimum absolute atomic E-state index is 0.0209. The molecule has 0 aromatic carbocycles. The van der Waals surface area contributed by atoms with Crippen LogP contribution in [0.4, 0.5) is 11.8 Å². The predicted octanol–water partition coefficient (Wildman–Crippen LogP) is -0.242. The molecule has 1 aromatic rings. The first-order valence-corrected chi connectivity index (χ1v) is 5.42. The van der Waals surface area contributed by atoms with Crippen LogP contribution in [0.2, 0.25) is 0 Å². The highest BCUT2D eigenvalue weighted by molar-refractivity contribution is 5.85. The summed E-state index contributed by atoms with van der Waals surface area (Å²) >= 11 is 0. The fourth-order valence-electron chi connectivity index (χ4n) is 1.71. The van der Waals surface area contributed by atoms with E-state index < -0.39 is 0 Å². The predicted molar refractivity (Wildman–Crippen MR) is 62.7 cm³/mol. The first kappa shape index (κ1) is 11.4. The number of methoxy groups -OCH3 is 1. The second kappa shape index (κ2) is 4.86. The van der Waals surface area contributed by atoms with Gasteiger partial charge in [0.05, 0.1) is 7.11 Å². The van der Waals surface area contributed by atoms with Crippen molar-refractivity contribution in [1.29, 1.82) is 0 Å². The molecule has 1 aliphatic heterocycles. The van der Waals surface area contributed by atoms with Crippen molar-refractivity contribution in [3.8, 4) is 5.88 Å². The molecular formula is C10H15N5O2. The zero-order chi connectivity index (χ0) is 12.3. The Morgan fingerprint density at radius 1 is 1.59 bits per heavy atom. The summed E-state index contributed by atoms with van der Waals surface area (Å²) in [6, 6.07) is 1.33. The van der Waals surface area contributed by atoms with Crippen molar-refractivity contribution in [1.82, 2.24) is 15.3 Å². The lowest BCUT2D eigenvalue weighted by molar-refractivity contribution is -0.123. The zero-order valence-corrected chi connectivity index (χ0v) is 9.56. The standard InChI is InChI=1S/C10H15N5O2/c1-17-8-5-7(14-10(11)15-8)13-6-3-2-4-12-9(6)16/h5-6H,2-4H2,1H3,(H,12,16)(H3,11,13,14,15). The van der Waals surface area contributed by atoms with Crippen LogP contribution in [0, 0.1) is 0 Å². The van der Waals surface area contributed by atoms with Gasteiger partial charge in [-0.1, -0.05) is 0 Å². The Morgan fingerprint density at radius 2 is 2.41 bits per heavy atom. The number of nitrogen functional groups attached to an aromatic ring is 1. The minimum atomic E-state index is -0.275. The lowest BCUT2D eigenvalue weighted by atomic mass is 10.1. The second-order valence-electron chi connectivity index (χ2n) is 3.78. The van der Waals surface area contributed by atoms with E-state index in [4.69, 9.17) is 10.5 Å². The van der Waals surface area contributed by atoms with Gasteiger partial charge in [0.25, 0.3) is 0 Å². The maximum absolute atomic E-state index is 11.6. The molecule has 0 spiro atoms. The summed E-state index contributed by atoms with van der Waals surface area (Å²) in [5.41, 5.74) is 5.53. The van der Waals surface area contributed by atoms with Crippen molar-refractivity contribution in [2.45, 2.75) is 18.9 Å². The molecule has 92 valence electrons. The smallest absolute Gasteiger partial charge is 0.242 e. The van der Waals surface area contributed by atoms with E-state index >= 15 is 0 Å². The van der Waals surface area contributed by atoms with Crippen molar-refractivity contribution < 1.29 is 9.53 Å². The fourth-order valence-corrected chi connectivity index (χ4v) is 1.71. The zero-order valence-electron chi connectivity index (χ0n) is 9.56. The number of hydrogen-bond acceptors (Lipinski definition) is 6. The molecule has 0 aliphatic carbocycles. The molecule has 4 N–H and O–H groups in total. The average Bonchev–Trinajstić information content (AvgIpc) is 2.31. The van der Waals surface area contributed by atoms with Crippen molar-refractivity contribution in [2.75, 3.05) is 24.7 Å². The van der Waals surface area contributed by atoms with Gasteiger partial charge in [0.1, 0.15) is 11.9 Å². The summed E-state index contributed by atoms with van der Waals surface area (Å²) in [6.45, 7) is 0.728. The number of aromatic nitrogens is 2. The van der Waals surface area contributed by atoms with Crippen LogP contribution >= 0.6 is 0 Å². The normalized spacial score (nSPS) is 19.6. The molecule has 0 bridgehead atoms. The molecule has 17 heavy (non-hydrogen) atoms. The van der Waals surface area contributed by atoms with Crippen LogP contribution < -0.4 is 21.1 Å². The number of rotatable bonds is 3. The highest BCUT2D eigenvalue weighted by Crippen LogP contribution is 2.16. The number of amides is 1. The van der Waals surface area contributed by atoms with Crippen LogP contribution in [0.3, 0.4) is 0 Å². The molecule has 2 heterocycles. The average molecular weight is 237 g/mol. The van der Waals surface area contributed by atoms with E-state index in [1.165, 1.54) is 7.11 Å². The second-order valence-corrected chi connectivity index (χ2v) is 3.78. The van der Waals surface area contributed by atoms with Crippen molar-refractivity contribution in [2.24, 2.45) is 0 Å². The third-order valence-corrected chi connectivity index (χ3v) is 2.54. The number of carbonyl (C=O) groups is 1. The van der Waals surface area contributed by atoms with E-state index in [9.17, 15) is 4.79 Å². The summed E-state index contributed by atoms with van der Waals surface area (Å²) in [5, 5.41) is 5.81. The van der Waals surface area contributed by atoms with Crippen LogP contribution in [-0.4, -0.2) is 35.6 Å². The Balaban J connectivity index is 2.11. The Morgan fingerprint density at radius 3 is 3.12 bits per heavy atom. The van der Waals surface area contributed by atoms with Crippen LogP contribution in [0.25, 0.3) is 0 Å². The van der Waals surface area contributed by atoms with Gasteiger partial charge < -0.3 is 21.1 Å². The monoisotopic (exact) mass is 237 g/mol. The van der Waals surface area contributed by atoms with Crippen LogP contribution in [0.5, 0.6) is 5.88 Å². The van der Waals surface area contributed by atoms with Crippen molar-refractivity contribution >= 4 is 17.7 Å². The molecule has 2 rings (SSSR count). The highest BCUT2D eigenvalue weighted by Gasteiger charge is 2.22. The molecular weight excluding hydrogens is 222 g/mol. The topological polar surface area (TPSA) is 102 Å². The van der Waals surface area contributed by atoms with E-state index in [0.717, 1.165) is 19.4 Å². The SMILES string of the molecule is COc1cc(NC2CCCNC2=O)nc(N)n1. The van der Waals surface area contributed by atoms with Gasteiger partial charge in [-0.2, -0.15) is 9.97 Å². The Kier molecular flexibility index (Phi) is 3.27. The highest BCUT2D eigenvalue weighted by atomic mass is 16.5. The van der Waals surface area contributed by atoms with Gasteiger partial charge in [0, 0.05) is 12.6 Å². The molecule has 1 saturated heterocycles. The van der Waals surface area contributed by atoms with Crippen LogP contribution in [0.15, 0.2) is 6.07 Å². The largest absolute Gasteiger partial charge is 0.481 e. The van der Waals surface area contributed by atoms with Gasteiger partial charge in [-0.05, 0) is 12.8 Å². The molecule has 1 unspecified atom stereocenters. The number of nitrogens with one attached hydrogen (secondary N) is 2. The maximum atomic E-state index is 11.6. The maximum Gasteiger partial charge on any atom is 0.242 e. The minimum Gasteiger partial charge on any atom is -0.481 e. The van der Waals surface area contributed by atoms with Crippen LogP contribution in [0.1, 0.15) is 12.8 Å². The van der Waals surface area contributed by atoms with Gasteiger partial charge >= 0.3 is 0 Å². The number of nitrogens with two attached hydrogens (primary N) is 1. The van der Waals surface area contributed by atoms with Crippen LogP contribution in [-0.2, 0) is 4.79 Å². The number of piperidine rings is 1. The quantitative estimate of drug-likeness (QED) is 0.670. The number of nitrogens with zero attached hydrogens (tertiary/aromatic N) is 2. The number of ether oxygens (including phenoxy) is 1. The molecule has 1 atom stereocenters. The van der Waals surface area contributed by atoms with Crippen molar-refractivity contribution in [3.05, 3.63) is 6.07 Å². The van der Waals surface area contributed by atoms with E-state index in [0.29, 0.717) is 11.7 Å². The fraction of sp³-hybridized carbons (Fsp3) is 0.500. The summed E-state index contributed by atoms with van der Waals surface area (Å²) < 4.78 is 4.98. The van der Waals surface area contributed by atoms with Gasteiger partial charge in [0.2, 0.25) is 17.7 Å². The number of anilines is 2. The molecule has 0 saturated carbocycles. The van der Waals surface area contributed by atoms with Crippen molar-refractivity contribution in [3.63, 3.8) is 0 Å². The first-order valence-electron chi connectivity index (χ1n) is 5.42. The van der Waals surface area contributed by atoms with E-state index in [1.807, 2.05) is 0 Å². The number of hydrogen-bond donors (Lipinski definition) is 3. The molecule has 1 aliphatic rings. The third kappa shape index (κ3) is 2.74. The summed E-state index contributed by atoms with van der Waals surface area (Å²) in [4.78, 5) is 19.4. The van der Waals surface area contributed by atoms with E-state index in [1.54, 1.807) is 6.07 Å². The lowest BCUT2D eigenvalue weighted by Gasteiger charge is -2.23. The molecule has 7 nitrogen and oxygen atoms in total. The Hall–Kier alpha value is -2.05. The first-order chi connectivity index (χ1) is 8.19. The molecule has 1 fully saturated rings. The molecule has 7 heteroatoms. The Bertz CT molecular complexity index is 423. The lowest BCUT2D eigenvalue weighted by Crippen LogP contribution is -2.44. The third-order valence-electron chi connectivity index (χ3n) is 2.54. The molecule has 1 aromatic heterocycles. The van der Waals surface area contributed by atoms with Gasteiger partial charge in [-0.15, -0.1) is 0 Å². The summed E-state index contributed by atoms with van der Waals surface area (Å²) in [5.74, 6) is 0.961.